The first-order valence-corrected chi connectivity index (χ1v) is 5.71. The fraction of sp³-hybridized carbons (Fsp3) is 0.273. The lowest BCUT2D eigenvalue weighted by molar-refractivity contribution is -0.137. The van der Waals surface area contributed by atoms with Crippen molar-refractivity contribution in [3.05, 3.63) is 35.7 Å². The van der Waals surface area contributed by atoms with Gasteiger partial charge in [-0.15, -0.1) is 16.7 Å². The van der Waals surface area contributed by atoms with E-state index in [-0.39, 0.29) is 17.6 Å². The van der Waals surface area contributed by atoms with Crippen LogP contribution < -0.4 is 5.32 Å². The summed E-state index contributed by atoms with van der Waals surface area (Å²) >= 11 is 5.73. The van der Waals surface area contributed by atoms with Gasteiger partial charge < -0.3 is 9.73 Å². The zero-order valence-electron chi connectivity index (χ0n) is 9.70. The second-order valence-electron chi connectivity index (χ2n) is 3.77. The highest BCUT2D eigenvalue weighted by molar-refractivity contribution is 6.20. The van der Waals surface area contributed by atoms with E-state index in [9.17, 15) is 13.2 Å². The molecular formula is C11H9ClF3N3O. The van der Waals surface area contributed by atoms with E-state index < -0.39 is 17.1 Å². The number of hydrogen-bond donors (Lipinski definition) is 1. The molecule has 2 rings (SSSR count). The molecule has 0 spiro atoms. The smallest absolute Gasteiger partial charge is 0.406 e. The van der Waals surface area contributed by atoms with Crippen LogP contribution in [-0.4, -0.2) is 10.2 Å². The van der Waals surface area contributed by atoms with E-state index in [1.807, 2.05) is 0 Å². The third-order valence-corrected chi connectivity index (χ3v) is 2.41. The minimum Gasteiger partial charge on any atom is -0.406 e. The Kier molecular flexibility index (Phi) is 3.66. The molecule has 0 amide bonds. The maximum Gasteiger partial charge on any atom is 0.416 e. The Balaban J connectivity index is 2.19. The monoisotopic (exact) mass is 291 g/mol. The van der Waals surface area contributed by atoms with Gasteiger partial charge in [0.05, 0.1) is 5.56 Å². The van der Waals surface area contributed by atoms with Gasteiger partial charge in [-0.05, 0) is 25.1 Å². The Morgan fingerprint density at radius 3 is 2.63 bits per heavy atom. The Morgan fingerprint density at radius 2 is 2.05 bits per heavy atom. The van der Waals surface area contributed by atoms with Crippen molar-refractivity contribution in [3.8, 4) is 0 Å². The lowest BCUT2D eigenvalue weighted by atomic mass is 10.2. The van der Waals surface area contributed by atoms with Crippen LogP contribution in [0.25, 0.3) is 0 Å². The summed E-state index contributed by atoms with van der Waals surface area (Å²) in [7, 11) is 0. The van der Waals surface area contributed by atoms with Gasteiger partial charge in [0.1, 0.15) is 5.38 Å². The van der Waals surface area contributed by atoms with E-state index in [0.717, 1.165) is 12.1 Å². The van der Waals surface area contributed by atoms with Crippen molar-refractivity contribution >= 4 is 23.3 Å². The van der Waals surface area contributed by atoms with Gasteiger partial charge in [-0.3, -0.25) is 0 Å². The maximum atomic E-state index is 12.5. The molecule has 1 aromatic heterocycles. The fourth-order valence-corrected chi connectivity index (χ4v) is 1.43. The minimum atomic E-state index is -4.40. The van der Waals surface area contributed by atoms with Gasteiger partial charge in [0.15, 0.2) is 0 Å². The van der Waals surface area contributed by atoms with E-state index in [0.29, 0.717) is 0 Å². The van der Waals surface area contributed by atoms with Crippen molar-refractivity contribution < 1.29 is 17.6 Å². The lowest BCUT2D eigenvalue weighted by Gasteiger charge is -2.08. The van der Waals surface area contributed by atoms with E-state index >= 15 is 0 Å². The van der Waals surface area contributed by atoms with E-state index in [1.54, 1.807) is 6.92 Å². The molecular weight excluding hydrogens is 283 g/mol. The van der Waals surface area contributed by atoms with Gasteiger partial charge >= 0.3 is 12.2 Å². The van der Waals surface area contributed by atoms with Gasteiger partial charge in [0, 0.05) is 5.69 Å². The lowest BCUT2D eigenvalue weighted by Crippen LogP contribution is -2.05. The average molecular weight is 292 g/mol. The zero-order valence-corrected chi connectivity index (χ0v) is 10.5. The molecule has 19 heavy (non-hydrogen) atoms. The summed E-state index contributed by atoms with van der Waals surface area (Å²) in [5.74, 6) is 0.191. The molecule has 1 N–H and O–H groups in total. The van der Waals surface area contributed by atoms with E-state index in [2.05, 4.69) is 15.5 Å². The van der Waals surface area contributed by atoms with Crippen molar-refractivity contribution in [1.29, 1.82) is 0 Å². The quantitative estimate of drug-likeness (QED) is 0.864. The second-order valence-corrected chi connectivity index (χ2v) is 4.42. The van der Waals surface area contributed by atoms with Crippen LogP contribution in [0.3, 0.4) is 0 Å². The highest BCUT2D eigenvalue weighted by atomic mass is 35.5. The molecule has 1 aromatic carbocycles. The molecule has 0 aliphatic heterocycles. The van der Waals surface area contributed by atoms with Crippen molar-refractivity contribution in [2.24, 2.45) is 0 Å². The predicted molar refractivity (Wildman–Crippen MR) is 63.3 cm³/mol. The number of anilines is 2. The van der Waals surface area contributed by atoms with Crippen molar-refractivity contribution in [2.75, 3.05) is 5.32 Å². The summed E-state index contributed by atoms with van der Waals surface area (Å²) in [5, 5.41) is 9.41. The first-order chi connectivity index (χ1) is 8.86. The highest BCUT2D eigenvalue weighted by Crippen LogP contribution is 2.31. The molecule has 0 bridgehead atoms. The molecule has 0 radical (unpaired) electrons. The average Bonchev–Trinajstić information content (AvgIpc) is 2.77. The van der Waals surface area contributed by atoms with Crippen molar-refractivity contribution in [3.63, 3.8) is 0 Å². The molecule has 0 fully saturated rings. The first-order valence-electron chi connectivity index (χ1n) is 5.28. The number of halogens is 4. The standard InChI is InChI=1S/C11H9ClF3N3O/c1-6(12)9-17-18-10(19-9)16-8-4-2-3-7(5-8)11(13,14)15/h2-6H,1H3,(H,16,18). The largest absolute Gasteiger partial charge is 0.416 e. The number of nitrogens with zero attached hydrogens (tertiary/aromatic N) is 2. The van der Waals surface area contributed by atoms with Gasteiger partial charge in [-0.25, -0.2) is 0 Å². The number of aromatic nitrogens is 2. The first kappa shape index (κ1) is 13.7. The van der Waals surface area contributed by atoms with Crippen LogP contribution in [0.5, 0.6) is 0 Å². The van der Waals surface area contributed by atoms with Gasteiger partial charge in [-0.1, -0.05) is 11.2 Å². The summed E-state index contributed by atoms with van der Waals surface area (Å²) < 4.78 is 42.7. The van der Waals surface area contributed by atoms with Crippen LogP contribution in [0.15, 0.2) is 28.7 Å². The summed E-state index contributed by atoms with van der Waals surface area (Å²) in [6.07, 6.45) is -4.40. The third kappa shape index (κ3) is 3.37. The summed E-state index contributed by atoms with van der Waals surface area (Å²) in [5.41, 5.74) is -0.560. The number of rotatable bonds is 3. The third-order valence-electron chi connectivity index (χ3n) is 2.22. The fourth-order valence-electron chi connectivity index (χ4n) is 1.34. The molecule has 0 saturated carbocycles. The SMILES string of the molecule is CC(Cl)c1nnc(Nc2cccc(C(F)(F)F)c2)o1. The molecule has 0 aliphatic carbocycles. The van der Waals surface area contributed by atoms with Gasteiger partial charge in [-0.2, -0.15) is 13.2 Å². The van der Waals surface area contributed by atoms with Crippen LogP contribution in [0.2, 0.25) is 0 Å². The molecule has 1 unspecified atom stereocenters. The molecule has 1 heterocycles. The number of benzene rings is 1. The predicted octanol–water partition coefficient (Wildman–Crippen LogP) is 4.13. The summed E-state index contributed by atoms with van der Waals surface area (Å²) in [4.78, 5) is 0. The zero-order chi connectivity index (χ0) is 14.0. The molecule has 0 aliphatic rings. The van der Waals surface area contributed by atoms with Crippen molar-refractivity contribution in [1.82, 2.24) is 10.2 Å². The van der Waals surface area contributed by atoms with Gasteiger partial charge in [0.25, 0.3) is 0 Å². The van der Waals surface area contributed by atoms with Crippen LogP contribution in [0.4, 0.5) is 24.9 Å². The molecule has 102 valence electrons. The Bertz CT molecular complexity index is 568. The van der Waals surface area contributed by atoms with Gasteiger partial charge in [0.2, 0.25) is 5.89 Å². The summed E-state index contributed by atoms with van der Waals surface area (Å²) in [6, 6.07) is 4.66. The molecule has 4 nitrogen and oxygen atoms in total. The topological polar surface area (TPSA) is 51.0 Å². The van der Waals surface area contributed by atoms with Crippen LogP contribution >= 0.6 is 11.6 Å². The highest BCUT2D eigenvalue weighted by Gasteiger charge is 2.30. The Morgan fingerprint density at radius 1 is 1.32 bits per heavy atom. The van der Waals surface area contributed by atoms with E-state index in [1.165, 1.54) is 12.1 Å². The second kappa shape index (κ2) is 5.08. The minimum absolute atomic E-state index is 0.0122. The molecule has 8 heteroatoms. The normalized spacial score (nSPS) is 13.3. The maximum absolute atomic E-state index is 12.5. The summed E-state index contributed by atoms with van der Waals surface area (Å²) in [6.45, 7) is 1.64. The molecule has 1 atom stereocenters. The molecule has 0 saturated heterocycles. The number of alkyl halides is 4. The molecule has 2 aromatic rings. The number of hydrogen-bond acceptors (Lipinski definition) is 4. The van der Waals surface area contributed by atoms with Crippen LogP contribution in [-0.2, 0) is 6.18 Å². The number of nitrogens with one attached hydrogen (secondary N) is 1. The van der Waals surface area contributed by atoms with Crippen LogP contribution in [0, 0.1) is 0 Å². The van der Waals surface area contributed by atoms with E-state index in [4.69, 9.17) is 16.0 Å². The van der Waals surface area contributed by atoms with Crippen LogP contribution in [0.1, 0.15) is 23.8 Å². The Labute approximate surface area is 111 Å². The Hall–Kier alpha value is -1.76. The van der Waals surface area contributed by atoms with Crippen molar-refractivity contribution in [2.45, 2.75) is 18.5 Å².